The third kappa shape index (κ3) is 20.9. The van der Waals surface area contributed by atoms with Crippen molar-refractivity contribution in [3.05, 3.63) is 0 Å². The molecule has 0 heterocycles. The van der Waals surface area contributed by atoms with E-state index in [4.69, 9.17) is 25.1 Å². The Morgan fingerprint density at radius 3 is 1.95 bits per heavy atom. The van der Waals surface area contributed by atoms with E-state index in [1.165, 1.54) is 5.75 Å². The molecule has 0 saturated carbocycles. The Morgan fingerprint density at radius 1 is 0.946 bits per heavy atom. The van der Waals surface area contributed by atoms with Crippen LogP contribution in [0.4, 0.5) is 0 Å². The minimum absolute atomic E-state index is 0.0551. The zero-order valence-corrected chi connectivity index (χ0v) is 27.9. The van der Waals surface area contributed by atoms with E-state index in [1.54, 1.807) is 0 Å². The standard InChI is InChI=1S/C23H52N2O4S.C5H12OS/c1-18(2)30(9,10)13-11-12-27-16-21(26)14-25-19(3)15-28-22(5,6)17-29-23(7,8)20(4)24;1-4(2)5(6)3-7/h18-21,25-26H,11-17,24H2,1-10H3;4-7H,3H2,1-2H3. The number of hydrogen-bond donors (Lipinski definition) is 5. The van der Waals surface area contributed by atoms with Gasteiger partial charge in [0.2, 0.25) is 0 Å². The normalized spacial score (nSPS) is 16.8. The third-order valence-corrected chi connectivity index (χ3v) is 11.1. The van der Waals surface area contributed by atoms with Gasteiger partial charge in [-0.05, 0) is 77.4 Å². The number of nitrogens with one attached hydrogen (secondary N) is 1. The second-order valence-electron chi connectivity index (χ2n) is 12.5. The van der Waals surface area contributed by atoms with Gasteiger partial charge in [-0.1, -0.05) is 27.7 Å². The Hall–Kier alpha value is 0.420. The second kappa shape index (κ2) is 19.5. The van der Waals surface area contributed by atoms with Gasteiger partial charge in [-0.25, -0.2) is 10.0 Å². The van der Waals surface area contributed by atoms with E-state index in [1.807, 2.05) is 55.4 Å². The maximum atomic E-state index is 10.1. The molecule has 0 fully saturated rings. The van der Waals surface area contributed by atoms with Crippen molar-refractivity contribution in [1.82, 2.24) is 5.32 Å². The zero-order valence-electron chi connectivity index (χ0n) is 26.2. The van der Waals surface area contributed by atoms with Crippen molar-refractivity contribution >= 4 is 22.7 Å². The molecule has 5 N–H and O–H groups in total. The molecule has 0 saturated heterocycles. The van der Waals surface area contributed by atoms with Gasteiger partial charge in [-0.3, -0.25) is 0 Å². The molecule has 0 aromatic carbocycles. The topological polar surface area (TPSA) is 106 Å². The Bertz CT molecular complexity index is 561. The summed E-state index contributed by atoms with van der Waals surface area (Å²) in [5.41, 5.74) is 5.17. The fourth-order valence-corrected chi connectivity index (χ4v) is 4.29. The van der Waals surface area contributed by atoms with Crippen LogP contribution in [0.25, 0.3) is 0 Å². The van der Waals surface area contributed by atoms with Crippen LogP contribution in [0, 0.1) is 5.92 Å². The molecular weight excluding hydrogens is 508 g/mol. The van der Waals surface area contributed by atoms with E-state index in [0.717, 1.165) is 11.7 Å². The van der Waals surface area contributed by atoms with E-state index < -0.39 is 21.7 Å². The number of aliphatic hydroxyl groups is 2. The summed E-state index contributed by atoms with van der Waals surface area (Å²) >= 11 is 3.90. The molecule has 228 valence electrons. The summed E-state index contributed by atoms with van der Waals surface area (Å²) in [6.07, 6.45) is 5.08. The number of hydrogen-bond acceptors (Lipinski definition) is 8. The summed E-state index contributed by atoms with van der Waals surface area (Å²) in [7, 11) is -0.540. The number of thiol groups is 1. The molecule has 9 heteroatoms. The highest BCUT2D eigenvalue weighted by molar-refractivity contribution is 8.33. The number of rotatable bonds is 19. The Balaban J connectivity index is 0. The summed E-state index contributed by atoms with van der Waals surface area (Å²) in [4.78, 5) is 0. The lowest BCUT2D eigenvalue weighted by atomic mass is 10.0. The monoisotopic (exact) mass is 572 g/mol. The van der Waals surface area contributed by atoms with Gasteiger partial charge in [0, 0.05) is 31.0 Å². The smallest absolute Gasteiger partial charge is 0.0897 e. The van der Waals surface area contributed by atoms with Crippen molar-refractivity contribution in [1.29, 1.82) is 0 Å². The predicted octanol–water partition coefficient (Wildman–Crippen LogP) is 4.08. The van der Waals surface area contributed by atoms with Gasteiger partial charge >= 0.3 is 0 Å². The third-order valence-electron chi connectivity index (χ3n) is 6.82. The molecule has 0 radical (unpaired) electrons. The van der Waals surface area contributed by atoms with Crippen LogP contribution in [-0.2, 0) is 14.2 Å². The van der Waals surface area contributed by atoms with E-state index >= 15 is 0 Å². The van der Waals surface area contributed by atoms with Crippen molar-refractivity contribution in [2.24, 2.45) is 11.7 Å². The molecular formula is C28H64N2O5S2. The molecule has 7 nitrogen and oxygen atoms in total. The first-order chi connectivity index (χ1) is 16.8. The molecule has 0 aliphatic rings. The van der Waals surface area contributed by atoms with Gasteiger partial charge in [0.1, 0.15) is 0 Å². The van der Waals surface area contributed by atoms with Crippen LogP contribution in [0.2, 0.25) is 0 Å². The van der Waals surface area contributed by atoms with Crippen LogP contribution in [0.3, 0.4) is 0 Å². The van der Waals surface area contributed by atoms with Crippen molar-refractivity contribution in [3.8, 4) is 0 Å². The van der Waals surface area contributed by atoms with E-state index in [2.05, 4.69) is 44.3 Å². The minimum atomic E-state index is -0.540. The summed E-state index contributed by atoms with van der Waals surface area (Å²) < 4.78 is 17.6. The first-order valence-electron chi connectivity index (χ1n) is 13.8. The van der Waals surface area contributed by atoms with Crippen molar-refractivity contribution in [3.63, 3.8) is 0 Å². The van der Waals surface area contributed by atoms with Crippen molar-refractivity contribution in [2.45, 2.75) is 116 Å². The average Bonchev–Trinajstić information content (AvgIpc) is 2.79. The molecule has 0 aliphatic carbocycles. The molecule has 0 spiro atoms. The first-order valence-corrected chi connectivity index (χ1v) is 17.1. The molecule has 0 bridgehead atoms. The Kier molecular flexibility index (Phi) is 20.8. The Labute approximate surface area is 237 Å². The number of nitrogens with two attached hydrogens (primary N) is 1. The molecule has 0 aromatic rings. The summed E-state index contributed by atoms with van der Waals surface area (Å²) in [6, 6.07) is 0.0661. The lowest BCUT2D eigenvalue weighted by Gasteiger charge is -2.35. The zero-order chi connectivity index (χ0) is 29.4. The molecule has 4 atom stereocenters. The highest BCUT2D eigenvalue weighted by Gasteiger charge is 2.28. The Morgan fingerprint density at radius 2 is 1.51 bits per heavy atom. The van der Waals surface area contributed by atoms with Crippen LogP contribution in [0.5, 0.6) is 0 Å². The van der Waals surface area contributed by atoms with Crippen LogP contribution >= 0.6 is 22.7 Å². The van der Waals surface area contributed by atoms with E-state index in [9.17, 15) is 5.11 Å². The quantitative estimate of drug-likeness (QED) is 0.117. The minimum Gasteiger partial charge on any atom is -0.392 e. The van der Waals surface area contributed by atoms with Crippen molar-refractivity contribution in [2.75, 3.05) is 57.0 Å². The van der Waals surface area contributed by atoms with Crippen LogP contribution in [0.1, 0.15) is 75.7 Å². The maximum absolute atomic E-state index is 10.1. The lowest BCUT2D eigenvalue weighted by molar-refractivity contribution is -0.128. The highest BCUT2D eigenvalue weighted by atomic mass is 32.3. The van der Waals surface area contributed by atoms with Crippen LogP contribution < -0.4 is 11.1 Å². The maximum Gasteiger partial charge on any atom is 0.0897 e. The molecule has 0 rings (SSSR count). The molecule has 37 heavy (non-hydrogen) atoms. The average molecular weight is 573 g/mol. The van der Waals surface area contributed by atoms with E-state index in [0.29, 0.717) is 44.6 Å². The largest absolute Gasteiger partial charge is 0.392 e. The lowest BCUT2D eigenvalue weighted by Crippen LogP contribution is -2.47. The SMILES string of the molecule is CC(C)C(O)CS.CC(COC(C)(C)COC(C)(C)C(C)N)NCC(O)COCCCS(C)(C)C(C)C. The van der Waals surface area contributed by atoms with Crippen LogP contribution in [0.15, 0.2) is 0 Å². The predicted molar refractivity (Wildman–Crippen MR) is 167 cm³/mol. The van der Waals surface area contributed by atoms with Gasteiger partial charge in [0.25, 0.3) is 0 Å². The first kappa shape index (κ1) is 39.6. The fourth-order valence-electron chi connectivity index (χ4n) is 2.54. The van der Waals surface area contributed by atoms with Gasteiger partial charge in [-0.2, -0.15) is 12.6 Å². The van der Waals surface area contributed by atoms with Crippen LogP contribution in [-0.4, -0.2) is 108 Å². The highest BCUT2D eigenvalue weighted by Crippen LogP contribution is 2.45. The molecule has 0 amide bonds. The molecule has 0 aliphatic heterocycles. The molecule has 4 unspecified atom stereocenters. The van der Waals surface area contributed by atoms with Gasteiger partial charge in [0.15, 0.2) is 0 Å². The van der Waals surface area contributed by atoms with Gasteiger partial charge < -0.3 is 35.5 Å². The van der Waals surface area contributed by atoms with E-state index in [-0.39, 0.29) is 23.8 Å². The second-order valence-corrected chi connectivity index (χ2v) is 17.5. The van der Waals surface area contributed by atoms with Gasteiger partial charge in [0.05, 0.1) is 43.2 Å². The number of ether oxygens (including phenoxy) is 3. The fraction of sp³-hybridized carbons (Fsp3) is 1.00. The molecule has 0 aromatic heterocycles. The number of aliphatic hydroxyl groups excluding tert-OH is 2. The summed E-state index contributed by atoms with van der Waals surface area (Å²) in [6.45, 7) is 23.1. The van der Waals surface area contributed by atoms with Crippen molar-refractivity contribution < 1.29 is 24.4 Å². The van der Waals surface area contributed by atoms with Gasteiger partial charge in [-0.15, -0.1) is 0 Å². The summed E-state index contributed by atoms with van der Waals surface area (Å²) in [5.74, 6) is 2.13. The summed E-state index contributed by atoms with van der Waals surface area (Å²) in [5, 5.41) is 23.1.